The van der Waals surface area contributed by atoms with Crippen molar-refractivity contribution in [2.75, 3.05) is 13.2 Å². The number of nitrogens with zero attached hydrogens (tertiary/aromatic N) is 3. The lowest BCUT2D eigenvalue weighted by molar-refractivity contribution is 0.0323. The van der Waals surface area contributed by atoms with Crippen LogP contribution >= 0.6 is 0 Å². The fourth-order valence-corrected chi connectivity index (χ4v) is 4.50. The van der Waals surface area contributed by atoms with Crippen molar-refractivity contribution in [1.82, 2.24) is 15.0 Å². The van der Waals surface area contributed by atoms with E-state index >= 15 is 0 Å². The molecular weight excluding hydrogens is 410 g/mol. The minimum absolute atomic E-state index is 0.0199. The highest BCUT2D eigenvalue weighted by Gasteiger charge is 2.52. The lowest BCUT2D eigenvalue weighted by atomic mass is 10.1. The molecule has 0 amide bonds. The third-order valence-corrected chi connectivity index (χ3v) is 6.03. The molecule has 0 aliphatic carbocycles. The van der Waals surface area contributed by atoms with Gasteiger partial charge in [-0.1, -0.05) is 23.4 Å². The predicted molar refractivity (Wildman–Crippen MR) is 91.0 cm³/mol. The molecule has 0 spiro atoms. The molecule has 2 aliphatic rings. The minimum Gasteiger partial charge on any atom is -0.476 e. The van der Waals surface area contributed by atoms with Gasteiger partial charge < -0.3 is 19.7 Å². The Morgan fingerprint density at radius 1 is 1.07 bits per heavy atom. The van der Waals surface area contributed by atoms with Gasteiger partial charge in [-0.25, -0.2) is 14.3 Å². The molecular formula is C16H15N3O9S. The highest BCUT2D eigenvalue weighted by molar-refractivity contribution is 7.86. The molecule has 4 atom stereocenters. The normalized spacial score (nSPS) is 26.3. The molecule has 1 aromatic heterocycles. The van der Waals surface area contributed by atoms with Crippen LogP contribution in [0.1, 0.15) is 27.0 Å². The van der Waals surface area contributed by atoms with E-state index in [1.807, 2.05) is 0 Å². The van der Waals surface area contributed by atoms with Crippen LogP contribution in [0, 0.1) is 0 Å². The Bertz CT molecular complexity index is 1050. The number of carbonyl (C=O) groups is 2. The summed E-state index contributed by atoms with van der Waals surface area (Å²) in [4.78, 5) is 22.7. The van der Waals surface area contributed by atoms with Gasteiger partial charge in [-0.3, -0.25) is 4.18 Å². The van der Waals surface area contributed by atoms with Gasteiger partial charge in [0, 0.05) is 0 Å². The number of carboxylic acid groups (broad SMARTS) is 2. The van der Waals surface area contributed by atoms with E-state index in [4.69, 9.17) is 18.8 Å². The Morgan fingerprint density at radius 2 is 1.76 bits per heavy atom. The topological polar surface area (TPSA) is 167 Å². The van der Waals surface area contributed by atoms with Crippen molar-refractivity contribution >= 4 is 22.1 Å². The molecule has 1 aromatic carbocycles. The first-order valence-corrected chi connectivity index (χ1v) is 9.83. The average Bonchev–Trinajstić information content (AvgIpc) is 3.37. The number of hydrogen-bond donors (Lipinski definition) is 2. The Hall–Kier alpha value is -2.87. The zero-order valence-electron chi connectivity index (χ0n) is 14.6. The first kappa shape index (κ1) is 19.4. The lowest BCUT2D eigenvalue weighted by Gasteiger charge is -2.17. The summed E-state index contributed by atoms with van der Waals surface area (Å²) in [7, 11) is -4.06. The Labute approximate surface area is 163 Å². The highest BCUT2D eigenvalue weighted by Crippen LogP contribution is 2.37. The molecule has 29 heavy (non-hydrogen) atoms. The van der Waals surface area contributed by atoms with E-state index in [1.165, 1.54) is 12.1 Å². The maximum atomic E-state index is 12.4. The van der Waals surface area contributed by atoms with Crippen LogP contribution in [0.2, 0.25) is 0 Å². The molecule has 2 fully saturated rings. The fraction of sp³-hybridized carbons (Fsp3) is 0.375. The molecule has 2 saturated heterocycles. The van der Waals surface area contributed by atoms with Gasteiger partial charge in [-0.2, -0.15) is 8.42 Å². The summed E-state index contributed by atoms with van der Waals surface area (Å²) < 4.78 is 42.3. The summed E-state index contributed by atoms with van der Waals surface area (Å²) in [5, 5.41) is 25.5. The first-order valence-electron chi connectivity index (χ1n) is 8.43. The summed E-state index contributed by atoms with van der Waals surface area (Å²) in [5.41, 5.74) is -1.32. The summed E-state index contributed by atoms with van der Waals surface area (Å²) in [6, 6.07) is 6.77. The third-order valence-electron chi connectivity index (χ3n) is 4.68. The smallest absolute Gasteiger partial charge is 0.359 e. The quantitative estimate of drug-likeness (QED) is 0.587. The van der Waals surface area contributed by atoms with Gasteiger partial charge in [0.2, 0.25) is 5.69 Å². The molecule has 0 saturated carbocycles. The van der Waals surface area contributed by atoms with Gasteiger partial charge >= 0.3 is 11.9 Å². The molecule has 2 aromatic rings. The molecule has 12 nitrogen and oxygen atoms in total. The number of fused-ring (bicyclic) bond motifs is 1. The van der Waals surface area contributed by atoms with Crippen molar-refractivity contribution in [3.05, 3.63) is 41.7 Å². The molecule has 4 rings (SSSR count). The van der Waals surface area contributed by atoms with Gasteiger partial charge in [0.1, 0.15) is 24.4 Å². The van der Waals surface area contributed by atoms with E-state index in [0.717, 1.165) is 4.68 Å². The van der Waals surface area contributed by atoms with E-state index in [9.17, 15) is 23.1 Å². The van der Waals surface area contributed by atoms with Crippen LogP contribution in [-0.2, 0) is 23.8 Å². The Morgan fingerprint density at radius 3 is 2.41 bits per heavy atom. The molecule has 0 unspecified atom stereocenters. The second kappa shape index (κ2) is 7.18. The van der Waals surface area contributed by atoms with Gasteiger partial charge in [0.15, 0.2) is 5.69 Å². The van der Waals surface area contributed by atoms with E-state index in [0.29, 0.717) is 0 Å². The van der Waals surface area contributed by atoms with E-state index in [2.05, 4.69) is 10.3 Å². The number of rotatable bonds is 6. The second-order valence-corrected chi connectivity index (χ2v) is 7.98. The van der Waals surface area contributed by atoms with Crippen molar-refractivity contribution in [2.45, 2.75) is 29.2 Å². The molecule has 0 radical (unpaired) electrons. The SMILES string of the molecule is O=C(O)c1nnn([C@H]2CO[C@@H]3[C@@H]2OC[C@@H]3OS(=O)(=O)c2ccccc2)c1C(=O)O. The first-order chi connectivity index (χ1) is 13.8. The molecule has 154 valence electrons. The van der Waals surface area contributed by atoms with Crippen LogP contribution < -0.4 is 0 Å². The van der Waals surface area contributed by atoms with Crippen LogP contribution in [0.15, 0.2) is 35.2 Å². The largest absolute Gasteiger partial charge is 0.476 e. The summed E-state index contributed by atoms with van der Waals surface area (Å²) in [5.74, 6) is -3.06. The standard InChI is InChI=1S/C16H15N3O9S/c20-15(21)11-12(16(22)23)19(18-17-11)9-6-26-14-10(7-27-13(9)14)28-29(24,25)8-4-2-1-3-5-8/h1-5,9-10,13-14H,6-7H2,(H,20,21)(H,22,23)/t9-,10-,13+,14-/m0/s1. The Kier molecular flexibility index (Phi) is 4.82. The van der Waals surface area contributed by atoms with Gasteiger partial charge in [0.05, 0.1) is 18.1 Å². The van der Waals surface area contributed by atoms with Crippen LogP contribution in [0.3, 0.4) is 0 Å². The minimum atomic E-state index is -4.06. The molecule has 2 aliphatic heterocycles. The Balaban J connectivity index is 1.56. The maximum Gasteiger partial charge on any atom is 0.359 e. The van der Waals surface area contributed by atoms with Crippen molar-refractivity contribution < 1.29 is 41.9 Å². The summed E-state index contributed by atoms with van der Waals surface area (Å²) >= 11 is 0. The van der Waals surface area contributed by atoms with Crippen LogP contribution in [0.25, 0.3) is 0 Å². The van der Waals surface area contributed by atoms with Crippen molar-refractivity contribution in [3.8, 4) is 0 Å². The number of aromatic nitrogens is 3. The van der Waals surface area contributed by atoms with Gasteiger partial charge in [-0.05, 0) is 12.1 Å². The number of benzene rings is 1. The maximum absolute atomic E-state index is 12.4. The van der Waals surface area contributed by atoms with Crippen molar-refractivity contribution in [3.63, 3.8) is 0 Å². The molecule has 2 N–H and O–H groups in total. The van der Waals surface area contributed by atoms with E-state index < -0.39 is 57.8 Å². The van der Waals surface area contributed by atoms with Crippen LogP contribution in [0.5, 0.6) is 0 Å². The monoisotopic (exact) mass is 425 g/mol. The van der Waals surface area contributed by atoms with Gasteiger partial charge in [-0.15, -0.1) is 5.10 Å². The summed E-state index contributed by atoms with van der Waals surface area (Å²) in [6.45, 7) is -0.190. The number of ether oxygens (including phenoxy) is 2. The lowest BCUT2D eigenvalue weighted by Crippen LogP contribution is -2.34. The number of aromatic carboxylic acids is 2. The van der Waals surface area contributed by atoms with E-state index in [-0.39, 0.29) is 18.1 Å². The zero-order valence-corrected chi connectivity index (χ0v) is 15.4. The average molecular weight is 425 g/mol. The third kappa shape index (κ3) is 3.37. The van der Waals surface area contributed by atoms with Crippen molar-refractivity contribution in [2.24, 2.45) is 0 Å². The number of hydrogen-bond acceptors (Lipinski definition) is 9. The fourth-order valence-electron chi connectivity index (χ4n) is 3.41. The highest BCUT2D eigenvalue weighted by atomic mass is 32.2. The van der Waals surface area contributed by atoms with Gasteiger partial charge in [0.25, 0.3) is 10.1 Å². The van der Waals surface area contributed by atoms with E-state index in [1.54, 1.807) is 18.2 Å². The van der Waals surface area contributed by atoms with Crippen LogP contribution in [0.4, 0.5) is 0 Å². The molecule has 3 heterocycles. The van der Waals surface area contributed by atoms with Crippen LogP contribution in [-0.4, -0.2) is 77.1 Å². The zero-order chi connectivity index (χ0) is 20.8. The summed E-state index contributed by atoms with van der Waals surface area (Å²) in [6.07, 6.45) is -2.55. The van der Waals surface area contributed by atoms with Crippen molar-refractivity contribution in [1.29, 1.82) is 0 Å². The number of carboxylic acids is 2. The molecule has 13 heteroatoms. The predicted octanol–water partition coefficient (Wildman–Crippen LogP) is -0.213. The second-order valence-electron chi connectivity index (χ2n) is 6.41. The molecule has 0 bridgehead atoms.